The van der Waals surface area contributed by atoms with Crippen LogP contribution in [0.4, 0.5) is 11.4 Å². The smallest absolute Gasteiger partial charge is 0.265 e. The summed E-state index contributed by atoms with van der Waals surface area (Å²) in [5.41, 5.74) is 1.86. The van der Waals surface area contributed by atoms with Gasteiger partial charge in [0, 0.05) is 17.1 Å². The predicted molar refractivity (Wildman–Crippen MR) is 99.0 cm³/mol. The van der Waals surface area contributed by atoms with E-state index in [4.69, 9.17) is 9.15 Å². The van der Waals surface area contributed by atoms with E-state index in [2.05, 4.69) is 10.6 Å². The molecule has 3 aromatic rings. The van der Waals surface area contributed by atoms with E-state index in [1.54, 1.807) is 31.2 Å². The van der Waals surface area contributed by atoms with Crippen LogP contribution in [-0.2, 0) is 9.59 Å². The molecule has 1 aliphatic rings. The second kappa shape index (κ2) is 6.40. The van der Waals surface area contributed by atoms with Crippen molar-refractivity contribution in [3.05, 3.63) is 60.4 Å². The van der Waals surface area contributed by atoms with Gasteiger partial charge in [0.25, 0.3) is 5.91 Å². The van der Waals surface area contributed by atoms with Gasteiger partial charge < -0.3 is 19.8 Å². The van der Waals surface area contributed by atoms with Crippen molar-refractivity contribution < 1.29 is 18.7 Å². The standard InChI is InChI=1S/C20H16N2O4/c1-12-20(24)22-16-11-14(6-8-18(16)25-12)21-19(23)9-7-15-10-13-4-2-3-5-17(13)26-15/h2-12H,1H3,(H,21,23)(H,22,24). The number of furan rings is 1. The van der Waals surface area contributed by atoms with Crippen LogP contribution in [0.5, 0.6) is 5.75 Å². The molecule has 6 nitrogen and oxygen atoms in total. The molecule has 0 spiro atoms. The molecular weight excluding hydrogens is 332 g/mol. The summed E-state index contributed by atoms with van der Waals surface area (Å²) in [5.74, 6) is 0.655. The summed E-state index contributed by atoms with van der Waals surface area (Å²) >= 11 is 0. The Labute approximate surface area is 149 Å². The van der Waals surface area contributed by atoms with Crippen LogP contribution in [0.25, 0.3) is 17.0 Å². The van der Waals surface area contributed by atoms with Crippen LogP contribution in [-0.4, -0.2) is 17.9 Å². The highest BCUT2D eigenvalue weighted by Gasteiger charge is 2.23. The van der Waals surface area contributed by atoms with E-state index in [9.17, 15) is 9.59 Å². The molecule has 1 unspecified atom stereocenters. The lowest BCUT2D eigenvalue weighted by molar-refractivity contribution is -0.122. The summed E-state index contributed by atoms with van der Waals surface area (Å²) in [4.78, 5) is 23.8. The number of benzene rings is 2. The van der Waals surface area contributed by atoms with E-state index in [1.807, 2.05) is 30.3 Å². The van der Waals surface area contributed by atoms with E-state index in [-0.39, 0.29) is 11.8 Å². The monoisotopic (exact) mass is 348 g/mol. The van der Waals surface area contributed by atoms with Crippen molar-refractivity contribution in [1.82, 2.24) is 0 Å². The molecule has 130 valence electrons. The average molecular weight is 348 g/mol. The van der Waals surface area contributed by atoms with Crippen molar-refractivity contribution in [2.75, 3.05) is 10.6 Å². The van der Waals surface area contributed by atoms with Gasteiger partial charge in [-0.2, -0.15) is 0 Å². The summed E-state index contributed by atoms with van der Waals surface area (Å²) in [6, 6.07) is 14.6. The predicted octanol–water partition coefficient (Wildman–Crippen LogP) is 3.80. The zero-order chi connectivity index (χ0) is 18.1. The fraction of sp³-hybridized carbons (Fsp3) is 0.100. The lowest BCUT2D eigenvalue weighted by Gasteiger charge is -2.23. The van der Waals surface area contributed by atoms with Crippen molar-refractivity contribution in [2.45, 2.75) is 13.0 Å². The van der Waals surface area contributed by atoms with Crippen molar-refractivity contribution in [3.63, 3.8) is 0 Å². The Balaban J connectivity index is 1.46. The van der Waals surface area contributed by atoms with Crippen LogP contribution >= 0.6 is 0 Å². The first kappa shape index (κ1) is 16.0. The number of carbonyl (C=O) groups excluding carboxylic acids is 2. The topological polar surface area (TPSA) is 80.6 Å². The van der Waals surface area contributed by atoms with Crippen LogP contribution in [0, 0.1) is 0 Å². The summed E-state index contributed by atoms with van der Waals surface area (Å²) in [6.45, 7) is 1.68. The van der Waals surface area contributed by atoms with Crippen molar-refractivity contribution in [3.8, 4) is 5.75 Å². The lowest BCUT2D eigenvalue weighted by Crippen LogP contribution is -2.34. The highest BCUT2D eigenvalue weighted by molar-refractivity contribution is 6.03. The molecule has 0 saturated carbocycles. The molecule has 1 aromatic heterocycles. The molecular formula is C20H16N2O4. The maximum atomic E-state index is 12.1. The molecule has 2 heterocycles. The van der Waals surface area contributed by atoms with Gasteiger partial charge in [0.1, 0.15) is 17.1 Å². The minimum atomic E-state index is -0.533. The van der Waals surface area contributed by atoms with Gasteiger partial charge in [0.05, 0.1) is 5.69 Å². The average Bonchev–Trinajstić information content (AvgIpc) is 3.04. The number of hydrogen-bond donors (Lipinski definition) is 2. The van der Waals surface area contributed by atoms with Crippen molar-refractivity contribution >= 4 is 40.2 Å². The molecule has 4 rings (SSSR count). The van der Waals surface area contributed by atoms with Crippen LogP contribution in [0.3, 0.4) is 0 Å². The molecule has 0 radical (unpaired) electrons. The summed E-state index contributed by atoms with van der Waals surface area (Å²) < 4.78 is 11.1. The second-order valence-corrected chi connectivity index (χ2v) is 5.97. The molecule has 6 heteroatoms. The third-order valence-corrected chi connectivity index (χ3v) is 4.02. The fourth-order valence-electron chi connectivity index (χ4n) is 2.71. The number of para-hydroxylation sites is 1. The highest BCUT2D eigenvalue weighted by Crippen LogP contribution is 2.32. The first-order chi connectivity index (χ1) is 12.6. The molecule has 2 amide bonds. The number of amides is 2. The number of carbonyl (C=O) groups is 2. The zero-order valence-corrected chi connectivity index (χ0v) is 14.0. The van der Waals surface area contributed by atoms with Gasteiger partial charge in [0.15, 0.2) is 6.10 Å². The summed E-state index contributed by atoms with van der Waals surface area (Å²) in [7, 11) is 0. The van der Waals surface area contributed by atoms with E-state index >= 15 is 0 Å². The minimum absolute atomic E-state index is 0.217. The number of ether oxygens (including phenoxy) is 1. The van der Waals surface area contributed by atoms with Gasteiger partial charge in [0.2, 0.25) is 5.91 Å². The van der Waals surface area contributed by atoms with Crippen LogP contribution in [0.2, 0.25) is 0 Å². The number of hydrogen-bond acceptors (Lipinski definition) is 4. The maximum Gasteiger partial charge on any atom is 0.265 e. The maximum absolute atomic E-state index is 12.1. The van der Waals surface area contributed by atoms with Gasteiger partial charge in [-0.1, -0.05) is 18.2 Å². The van der Waals surface area contributed by atoms with Gasteiger partial charge in [-0.15, -0.1) is 0 Å². The van der Waals surface area contributed by atoms with Crippen molar-refractivity contribution in [2.24, 2.45) is 0 Å². The van der Waals surface area contributed by atoms with E-state index in [1.165, 1.54) is 6.08 Å². The van der Waals surface area contributed by atoms with Gasteiger partial charge in [-0.25, -0.2) is 0 Å². The van der Waals surface area contributed by atoms with Gasteiger partial charge >= 0.3 is 0 Å². The third kappa shape index (κ3) is 3.17. The second-order valence-electron chi connectivity index (χ2n) is 5.97. The van der Waals surface area contributed by atoms with Gasteiger partial charge in [-0.3, -0.25) is 9.59 Å². The highest BCUT2D eigenvalue weighted by atomic mass is 16.5. The summed E-state index contributed by atoms with van der Waals surface area (Å²) in [5, 5.41) is 6.47. The fourth-order valence-corrected chi connectivity index (χ4v) is 2.71. The Morgan fingerprint density at radius 1 is 1.19 bits per heavy atom. The number of nitrogens with one attached hydrogen (secondary N) is 2. The normalized spacial score (nSPS) is 16.2. The lowest BCUT2D eigenvalue weighted by atomic mass is 10.2. The first-order valence-electron chi connectivity index (χ1n) is 8.18. The van der Waals surface area contributed by atoms with Crippen LogP contribution < -0.4 is 15.4 Å². The molecule has 1 atom stereocenters. The Morgan fingerprint density at radius 3 is 2.88 bits per heavy atom. The van der Waals surface area contributed by atoms with Crippen LogP contribution in [0.15, 0.2) is 59.0 Å². The first-order valence-corrected chi connectivity index (χ1v) is 8.18. The third-order valence-electron chi connectivity index (χ3n) is 4.02. The molecule has 0 saturated heterocycles. The number of rotatable bonds is 3. The Bertz CT molecular complexity index is 1000. The van der Waals surface area contributed by atoms with Gasteiger partial charge in [-0.05, 0) is 43.3 Å². The Kier molecular flexibility index (Phi) is 3.93. The SMILES string of the molecule is CC1Oc2ccc(NC(=O)C=Cc3cc4ccccc4o3)cc2NC1=O. The molecule has 0 fully saturated rings. The van der Waals surface area contributed by atoms with E-state index < -0.39 is 6.10 Å². The van der Waals surface area contributed by atoms with E-state index in [0.717, 1.165) is 11.0 Å². The van der Waals surface area contributed by atoms with Crippen LogP contribution in [0.1, 0.15) is 12.7 Å². The molecule has 0 aliphatic carbocycles. The quantitative estimate of drug-likeness (QED) is 0.706. The number of anilines is 2. The Hall–Kier alpha value is -3.54. The molecule has 2 aromatic carbocycles. The zero-order valence-electron chi connectivity index (χ0n) is 14.0. The molecule has 0 bridgehead atoms. The molecule has 2 N–H and O–H groups in total. The molecule has 26 heavy (non-hydrogen) atoms. The Morgan fingerprint density at radius 2 is 2.04 bits per heavy atom. The molecule has 1 aliphatic heterocycles. The van der Waals surface area contributed by atoms with E-state index in [0.29, 0.717) is 22.9 Å². The summed E-state index contributed by atoms with van der Waals surface area (Å²) in [6.07, 6.45) is 2.48. The minimum Gasteiger partial charge on any atom is -0.479 e. The largest absolute Gasteiger partial charge is 0.479 e. The van der Waals surface area contributed by atoms with Crippen molar-refractivity contribution in [1.29, 1.82) is 0 Å². The number of fused-ring (bicyclic) bond motifs is 2.